The lowest BCUT2D eigenvalue weighted by molar-refractivity contribution is -0.137. The smallest absolute Gasteiger partial charge is 0.227 e. The molecule has 1 amide bonds. The minimum atomic E-state index is 0. The standard InChI is InChI=1S/C13H24N2O.ClH/c1-2-12-6-4-3-5-9-15(12)13(16)11-7-8-14-10-11;/h11-12,14H,2-10H2,1H3;1H. The zero-order valence-corrected chi connectivity index (χ0v) is 11.6. The molecule has 2 atom stereocenters. The van der Waals surface area contributed by atoms with Gasteiger partial charge >= 0.3 is 0 Å². The van der Waals surface area contributed by atoms with Gasteiger partial charge in [-0.2, -0.15) is 0 Å². The molecule has 2 aliphatic rings. The Morgan fingerprint density at radius 3 is 2.76 bits per heavy atom. The molecule has 2 fully saturated rings. The van der Waals surface area contributed by atoms with Crippen LogP contribution in [0.1, 0.15) is 45.4 Å². The van der Waals surface area contributed by atoms with E-state index in [1.807, 2.05) is 0 Å². The highest BCUT2D eigenvalue weighted by atomic mass is 35.5. The average Bonchev–Trinajstić information content (AvgIpc) is 2.73. The van der Waals surface area contributed by atoms with E-state index < -0.39 is 0 Å². The fraction of sp³-hybridized carbons (Fsp3) is 0.923. The second kappa shape index (κ2) is 7.22. The Kier molecular flexibility index (Phi) is 6.28. The quantitative estimate of drug-likeness (QED) is 0.826. The third-order valence-corrected chi connectivity index (χ3v) is 4.04. The maximum absolute atomic E-state index is 12.4. The molecule has 0 saturated carbocycles. The molecule has 0 aliphatic carbocycles. The van der Waals surface area contributed by atoms with E-state index in [9.17, 15) is 4.79 Å². The predicted molar refractivity (Wildman–Crippen MR) is 72.5 cm³/mol. The molecule has 0 spiro atoms. The highest BCUT2D eigenvalue weighted by Crippen LogP contribution is 2.22. The molecule has 0 aromatic rings. The SMILES string of the molecule is CCC1CCCCCN1C(=O)C1CCNC1.Cl. The Morgan fingerprint density at radius 2 is 2.12 bits per heavy atom. The van der Waals surface area contributed by atoms with Crippen molar-refractivity contribution < 1.29 is 4.79 Å². The molecule has 1 N–H and O–H groups in total. The van der Waals surface area contributed by atoms with Gasteiger partial charge in [-0.1, -0.05) is 19.8 Å². The minimum Gasteiger partial charge on any atom is -0.339 e. The Morgan fingerprint density at radius 1 is 1.29 bits per heavy atom. The van der Waals surface area contributed by atoms with Crippen molar-refractivity contribution in [2.75, 3.05) is 19.6 Å². The zero-order valence-electron chi connectivity index (χ0n) is 10.8. The molecule has 2 heterocycles. The van der Waals surface area contributed by atoms with Gasteiger partial charge in [-0.25, -0.2) is 0 Å². The molecule has 2 aliphatic heterocycles. The molecule has 2 saturated heterocycles. The first kappa shape index (κ1) is 14.8. The van der Waals surface area contributed by atoms with Gasteiger partial charge in [0.25, 0.3) is 0 Å². The molecule has 17 heavy (non-hydrogen) atoms. The summed E-state index contributed by atoms with van der Waals surface area (Å²) in [6, 6.07) is 0.510. The first-order chi connectivity index (χ1) is 7.83. The monoisotopic (exact) mass is 260 g/mol. The normalized spacial score (nSPS) is 29.6. The van der Waals surface area contributed by atoms with Crippen molar-refractivity contribution in [1.82, 2.24) is 10.2 Å². The number of carbonyl (C=O) groups is 1. The van der Waals surface area contributed by atoms with E-state index in [0.717, 1.165) is 32.5 Å². The summed E-state index contributed by atoms with van der Waals surface area (Å²) in [7, 11) is 0. The van der Waals surface area contributed by atoms with Crippen LogP contribution in [0.15, 0.2) is 0 Å². The number of halogens is 1. The number of carbonyl (C=O) groups excluding carboxylic acids is 1. The molecule has 0 aromatic carbocycles. The second-order valence-corrected chi connectivity index (χ2v) is 5.13. The third-order valence-electron chi connectivity index (χ3n) is 4.04. The Hall–Kier alpha value is -0.280. The number of nitrogens with zero attached hydrogens (tertiary/aromatic N) is 1. The average molecular weight is 261 g/mol. The van der Waals surface area contributed by atoms with E-state index in [1.54, 1.807) is 0 Å². The van der Waals surface area contributed by atoms with Crippen LogP contribution in [0.4, 0.5) is 0 Å². The van der Waals surface area contributed by atoms with Crippen molar-refractivity contribution >= 4 is 18.3 Å². The molecular formula is C13H25ClN2O. The lowest BCUT2D eigenvalue weighted by atomic mass is 10.0. The topological polar surface area (TPSA) is 32.3 Å². The van der Waals surface area contributed by atoms with Crippen LogP contribution in [-0.4, -0.2) is 36.5 Å². The van der Waals surface area contributed by atoms with Gasteiger partial charge in [0.2, 0.25) is 5.91 Å². The van der Waals surface area contributed by atoms with Crippen LogP contribution in [0, 0.1) is 5.92 Å². The highest BCUT2D eigenvalue weighted by molar-refractivity contribution is 5.85. The number of hydrogen-bond acceptors (Lipinski definition) is 2. The van der Waals surface area contributed by atoms with Crippen LogP contribution in [-0.2, 0) is 4.79 Å². The summed E-state index contributed by atoms with van der Waals surface area (Å²) in [4.78, 5) is 14.6. The fourth-order valence-electron chi connectivity index (χ4n) is 2.99. The summed E-state index contributed by atoms with van der Waals surface area (Å²) in [5.41, 5.74) is 0. The van der Waals surface area contributed by atoms with E-state index in [1.165, 1.54) is 25.7 Å². The Balaban J connectivity index is 0.00000144. The Bertz CT molecular complexity index is 242. The second-order valence-electron chi connectivity index (χ2n) is 5.13. The van der Waals surface area contributed by atoms with Gasteiger partial charge in [-0.3, -0.25) is 4.79 Å². The van der Waals surface area contributed by atoms with Crippen molar-refractivity contribution in [2.24, 2.45) is 5.92 Å². The lowest BCUT2D eigenvalue weighted by Gasteiger charge is -2.31. The van der Waals surface area contributed by atoms with Crippen LogP contribution in [0.3, 0.4) is 0 Å². The number of hydrogen-bond donors (Lipinski definition) is 1. The maximum Gasteiger partial charge on any atom is 0.227 e. The largest absolute Gasteiger partial charge is 0.339 e. The van der Waals surface area contributed by atoms with Crippen LogP contribution in [0.25, 0.3) is 0 Å². The summed E-state index contributed by atoms with van der Waals surface area (Å²) >= 11 is 0. The van der Waals surface area contributed by atoms with E-state index in [-0.39, 0.29) is 18.3 Å². The zero-order chi connectivity index (χ0) is 11.4. The lowest BCUT2D eigenvalue weighted by Crippen LogP contribution is -2.43. The van der Waals surface area contributed by atoms with Crippen molar-refractivity contribution in [3.05, 3.63) is 0 Å². The van der Waals surface area contributed by atoms with Gasteiger partial charge < -0.3 is 10.2 Å². The maximum atomic E-state index is 12.4. The van der Waals surface area contributed by atoms with Gasteiger partial charge in [-0.05, 0) is 32.2 Å². The van der Waals surface area contributed by atoms with E-state index in [4.69, 9.17) is 0 Å². The summed E-state index contributed by atoms with van der Waals surface area (Å²) in [5, 5.41) is 3.29. The molecule has 0 radical (unpaired) electrons. The van der Waals surface area contributed by atoms with Gasteiger partial charge in [0.05, 0.1) is 5.92 Å². The van der Waals surface area contributed by atoms with E-state index >= 15 is 0 Å². The molecule has 2 unspecified atom stereocenters. The van der Waals surface area contributed by atoms with Crippen LogP contribution in [0.5, 0.6) is 0 Å². The predicted octanol–water partition coefficient (Wildman–Crippen LogP) is 2.20. The summed E-state index contributed by atoms with van der Waals surface area (Å²) in [6.07, 6.45) is 7.15. The van der Waals surface area contributed by atoms with Gasteiger partial charge in [-0.15, -0.1) is 12.4 Å². The third kappa shape index (κ3) is 3.59. The summed E-state index contributed by atoms with van der Waals surface area (Å²) in [5.74, 6) is 0.672. The number of rotatable bonds is 2. The van der Waals surface area contributed by atoms with Crippen molar-refractivity contribution in [2.45, 2.75) is 51.5 Å². The fourth-order valence-corrected chi connectivity index (χ4v) is 2.99. The minimum absolute atomic E-state index is 0. The van der Waals surface area contributed by atoms with E-state index in [2.05, 4.69) is 17.1 Å². The van der Waals surface area contributed by atoms with Crippen molar-refractivity contribution in [1.29, 1.82) is 0 Å². The molecule has 100 valence electrons. The van der Waals surface area contributed by atoms with Crippen LogP contribution < -0.4 is 5.32 Å². The van der Waals surface area contributed by atoms with Crippen molar-refractivity contribution in [3.63, 3.8) is 0 Å². The molecule has 3 nitrogen and oxygen atoms in total. The molecule has 0 bridgehead atoms. The summed E-state index contributed by atoms with van der Waals surface area (Å²) < 4.78 is 0. The summed E-state index contributed by atoms with van der Waals surface area (Å²) in [6.45, 7) is 5.11. The van der Waals surface area contributed by atoms with Crippen LogP contribution >= 0.6 is 12.4 Å². The number of nitrogens with one attached hydrogen (secondary N) is 1. The van der Waals surface area contributed by atoms with E-state index in [0.29, 0.717) is 11.9 Å². The number of likely N-dealkylation sites (tertiary alicyclic amines) is 1. The van der Waals surface area contributed by atoms with Gasteiger partial charge in [0.15, 0.2) is 0 Å². The molecule has 4 heteroatoms. The highest BCUT2D eigenvalue weighted by Gasteiger charge is 2.31. The van der Waals surface area contributed by atoms with Crippen LogP contribution in [0.2, 0.25) is 0 Å². The van der Waals surface area contributed by atoms with Gasteiger partial charge in [0.1, 0.15) is 0 Å². The van der Waals surface area contributed by atoms with Gasteiger partial charge in [0, 0.05) is 19.1 Å². The molecule has 2 rings (SSSR count). The first-order valence-corrected chi connectivity index (χ1v) is 6.84. The first-order valence-electron chi connectivity index (χ1n) is 6.84. The van der Waals surface area contributed by atoms with Crippen molar-refractivity contribution in [3.8, 4) is 0 Å². The molecular weight excluding hydrogens is 236 g/mol. The Labute approximate surface area is 111 Å². The number of amides is 1. The molecule has 0 aromatic heterocycles.